The molecule has 124 valence electrons. The molecule has 0 radical (unpaired) electrons. The SMILES string of the molecule is CC(C)NCCC(c1ccccc1)c1ccccc1[C@H](C)CO. The number of nitrogens with one attached hydrogen (secondary N) is 1. The van der Waals surface area contributed by atoms with E-state index < -0.39 is 0 Å². The zero-order valence-corrected chi connectivity index (χ0v) is 14.5. The van der Waals surface area contributed by atoms with Crippen molar-refractivity contribution in [3.8, 4) is 0 Å². The summed E-state index contributed by atoms with van der Waals surface area (Å²) in [6.07, 6.45) is 1.05. The molecule has 0 bridgehead atoms. The van der Waals surface area contributed by atoms with Gasteiger partial charge >= 0.3 is 0 Å². The lowest BCUT2D eigenvalue weighted by atomic mass is 9.82. The average molecular weight is 311 g/mol. The highest BCUT2D eigenvalue weighted by atomic mass is 16.3. The molecule has 23 heavy (non-hydrogen) atoms. The molecule has 0 aromatic heterocycles. The van der Waals surface area contributed by atoms with Crippen LogP contribution >= 0.6 is 0 Å². The predicted octanol–water partition coefficient (Wildman–Crippen LogP) is 4.30. The number of hydrogen-bond donors (Lipinski definition) is 2. The van der Waals surface area contributed by atoms with Crippen LogP contribution in [-0.4, -0.2) is 24.3 Å². The first kappa shape index (κ1) is 17.7. The van der Waals surface area contributed by atoms with Crippen molar-refractivity contribution in [3.63, 3.8) is 0 Å². The van der Waals surface area contributed by atoms with E-state index in [1.165, 1.54) is 16.7 Å². The highest BCUT2D eigenvalue weighted by Gasteiger charge is 2.19. The summed E-state index contributed by atoms with van der Waals surface area (Å²) in [6.45, 7) is 7.62. The van der Waals surface area contributed by atoms with Crippen molar-refractivity contribution in [1.29, 1.82) is 0 Å². The van der Waals surface area contributed by atoms with Gasteiger partial charge in [0.2, 0.25) is 0 Å². The molecule has 0 amide bonds. The number of benzene rings is 2. The summed E-state index contributed by atoms with van der Waals surface area (Å²) in [4.78, 5) is 0. The Morgan fingerprint density at radius 1 is 0.870 bits per heavy atom. The molecule has 0 spiro atoms. The van der Waals surface area contributed by atoms with Gasteiger partial charge in [0.05, 0.1) is 0 Å². The molecule has 2 atom stereocenters. The van der Waals surface area contributed by atoms with Crippen LogP contribution in [0.25, 0.3) is 0 Å². The third-order valence-corrected chi connectivity index (χ3v) is 4.36. The van der Waals surface area contributed by atoms with Gasteiger partial charge in [0.25, 0.3) is 0 Å². The van der Waals surface area contributed by atoms with Crippen LogP contribution in [0.2, 0.25) is 0 Å². The molecule has 0 aliphatic rings. The quantitative estimate of drug-likeness (QED) is 0.761. The molecule has 2 nitrogen and oxygen atoms in total. The summed E-state index contributed by atoms with van der Waals surface area (Å²) in [7, 11) is 0. The Morgan fingerprint density at radius 2 is 1.48 bits per heavy atom. The van der Waals surface area contributed by atoms with Gasteiger partial charge in [0, 0.05) is 24.5 Å². The Hall–Kier alpha value is -1.64. The molecule has 0 fully saturated rings. The van der Waals surface area contributed by atoms with Crippen molar-refractivity contribution in [3.05, 3.63) is 71.3 Å². The molecule has 0 heterocycles. The van der Waals surface area contributed by atoms with Crippen molar-refractivity contribution in [2.75, 3.05) is 13.2 Å². The van der Waals surface area contributed by atoms with Gasteiger partial charge < -0.3 is 10.4 Å². The molecule has 2 heteroatoms. The molecule has 0 saturated carbocycles. The Morgan fingerprint density at radius 3 is 2.09 bits per heavy atom. The smallest absolute Gasteiger partial charge is 0.0497 e. The Labute approximate surface area is 140 Å². The van der Waals surface area contributed by atoms with Crippen LogP contribution in [0.4, 0.5) is 0 Å². The van der Waals surface area contributed by atoms with E-state index in [9.17, 15) is 5.11 Å². The first-order valence-electron chi connectivity index (χ1n) is 8.61. The number of rotatable bonds is 8. The minimum Gasteiger partial charge on any atom is -0.396 e. The molecule has 0 aliphatic heterocycles. The van der Waals surface area contributed by atoms with E-state index >= 15 is 0 Å². The van der Waals surface area contributed by atoms with E-state index in [2.05, 4.69) is 80.7 Å². The molecule has 1 unspecified atom stereocenters. The topological polar surface area (TPSA) is 32.3 Å². The molecular formula is C21H29NO. The Kier molecular flexibility index (Phi) is 6.82. The summed E-state index contributed by atoms with van der Waals surface area (Å²) in [5.74, 6) is 0.517. The van der Waals surface area contributed by atoms with E-state index in [1.54, 1.807) is 0 Å². The monoisotopic (exact) mass is 311 g/mol. The number of hydrogen-bond acceptors (Lipinski definition) is 2. The third kappa shape index (κ3) is 4.92. The van der Waals surface area contributed by atoms with Crippen LogP contribution in [0.3, 0.4) is 0 Å². The van der Waals surface area contributed by atoms with E-state index in [0.717, 1.165) is 13.0 Å². The molecule has 2 aromatic carbocycles. The largest absolute Gasteiger partial charge is 0.396 e. The standard InChI is InChI=1S/C21H29NO/c1-16(2)22-14-13-20(18-9-5-4-6-10-18)21-12-8-7-11-19(21)17(3)15-23/h4-12,16-17,20,22-23H,13-15H2,1-3H3/t17-,20?/m1/s1. The maximum Gasteiger partial charge on any atom is 0.0497 e. The van der Waals surface area contributed by atoms with Crippen LogP contribution in [0.5, 0.6) is 0 Å². The van der Waals surface area contributed by atoms with E-state index in [1.807, 2.05) is 0 Å². The zero-order chi connectivity index (χ0) is 16.7. The van der Waals surface area contributed by atoms with E-state index in [4.69, 9.17) is 0 Å². The Balaban J connectivity index is 2.34. The second-order valence-corrected chi connectivity index (χ2v) is 6.57. The van der Waals surface area contributed by atoms with Crippen LogP contribution < -0.4 is 5.32 Å². The summed E-state index contributed by atoms with van der Waals surface area (Å²) in [5, 5.41) is 13.1. The first-order chi connectivity index (χ1) is 11.1. The minimum atomic E-state index is 0.162. The fourth-order valence-electron chi connectivity index (χ4n) is 3.08. The van der Waals surface area contributed by atoms with Gasteiger partial charge in [-0.2, -0.15) is 0 Å². The fourth-order valence-corrected chi connectivity index (χ4v) is 3.08. The fraction of sp³-hybridized carbons (Fsp3) is 0.429. The molecule has 0 aliphatic carbocycles. The van der Waals surface area contributed by atoms with Gasteiger partial charge in [-0.15, -0.1) is 0 Å². The van der Waals surface area contributed by atoms with Gasteiger partial charge in [0.15, 0.2) is 0 Å². The Bertz CT molecular complexity index is 579. The van der Waals surface area contributed by atoms with Gasteiger partial charge in [0.1, 0.15) is 0 Å². The second-order valence-electron chi connectivity index (χ2n) is 6.57. The van der Waals surface area contributed by atoms with Crippen LogP contribution in [0.15, 0.2) is 54.6 Å². The lowest BCUT2D eigenvalue weighted by Gasteiger charge is -2.24. The van der Waals surface area contributed by atoms with Crippen molar-refractivity contribution in [1.82, 2.24) is 5.32 Å². The lowest BCUT2D eigenvalue weighted by Crippen LogP contribution is -2.25. The van der Waals surface area contributed by atoms with Gasteiger partial charge in [-0.3, -0.25) is 0 Å². The van der Waals surface area contributed by atoms with Gasteiger partial charge in [-0.1, -0.05) is 75.4 Å². The van der Waals surface area contributed by atoms with Gasteiger partial charge in [-0.25, -0.2) is 0 Å². The highest BCUT2D eigenvalue weighted by molar-refractivity contribution is 5.39. The predicted molar refractivity (Wildman–Crippen MR) is 98.0 cm³/mol. The van der Waals surface area contributed by atoms with Crippen LogP contribution in [-0.2, 0) is 0 Å². The third-order valence-electron chi connectivity index (χ3n) is 4.36. The average Bonchev–Trinajstić information content (AvgIpc) is 2.58. The van der Waals surface area contributed by atoms with Crippen LogP contribution in [0.1, 0.15) is 55.7 Å². The summed E-state index contributed by atoms with van der Waals surface area (Å²) in [5.41, 5.74) is 3.94. The maximum atomic E-state index is 9.60. The molecule has 0 saturated heterocycles. The summed E-state index contributed by atoms with van der Waals surface area (Å²) < 4.78 is 0. The lowest BCUT2D eigenvalue weighted by molar-refractivity contribution is 0.272. The zero-order valence-electron chi connectivity index (χ0n) is 14.5. The van der Waals surface area contributed by atoms with Crippen molar-refractivity contribution in [2.24, 2.45) is 0 Å². The molecule has 2 rings (SSSR count). The van der Waals surface area contributed by atoms with E-state index in [0.29, 0.717) is 12.0 Å². The molecular weight excluding hydrogens is 282 g/mol. The van der Waals surface area contributed by atoms with Gasteiger partial charge in [-0.05, 0) is 29.7 Å². The number of aliphatic hydroxyl groups excluding tert-OH is 1. The maximum absolute atomic E-state index is 9.60. The molecule has 2 N–H and O–H groups in total. The summed E-state index contributed by atoms with van der Waals surface area (Å²) >= 11 is 0. The molecule has 2 aromatic rings. The first-order valence-corrected chi connectivity index (χ1v) is 8.61. The van der Waals surface area contributed by atoms with E-state index in [-0.39, 0.29) is 12.5 Å². The minimum absolute atomic E-state index is 0.162. The van der Waals surface area contributed by atoms with Crippen molar-refractivity contribution < 1.29 is 5.11 Å². The van der Waals surface area contributed by atoms with Crippen LogP contribution in [0, 0.1) is 0 Å². The normalized spacial score (nSPS) is 14.0. The van der Waals surface area contributed by atoms with Crippen molar-refractivity contribution >= 4 is 0 Å². The highest BCUT2D eigenvalue weighted by Crippen LogP contribution is 2.33. The summed E-state index contributed by atoms with van der Waals surface area (Å²) in [6, 6.07) is 19.7. The second kappa shape index (κ2) is 8.85. The van der Waals surface area contributed by atoms with Crippen molar-refractivity contribution in [2.45, 2.75) is 45.1 Å². The number of aliphatic hydroxyl groups is 1.